The van der Waals surface area contributed by atoms with Gasteiger partial charge in [-0.3, -0.25) is 4.68 Å². The van der Waals surface area contributed by atoms with Crippen LogP contribution < -0.4 is 0 Å². The molecule has 0 N–H and O–H groups in total. The van der Waals surface area contributed by atoms with E-state index in [0.717, 1.165) is 0 Å². The Balaban J connectivity index is 1.59. The maximum Gasteiger partial charge on any atom is 0.410 e. The molecule has 1 amide bonds. The van der Waals surface area contributed by atoms with Crippen molar-refractivity contribution in [1.82, 2.24) is 14.7 Å². The molecule has 0 aliphatic carbocycles. The van der Waals surface area contributed by atoms with Gasteiger partial charge in [0.1, 0.15) is 5.60 Å². The Kier molecular flexibility index (Phi) is 5.78. The van der Waals surface area contributed by atoms with Crippen LogP contribution in [0.2, 0.25) is 0 Å². The smallest absolute Gasteiger partial charge is 0.410 e. The molecule has 2 aromatic rings. The molecule has 2 heterocycles. The van der Waals surface area contributed by atoms with E-state index in [1.165, 1.54) is 16.8 Å². The zero-order valence-electron chi connectivity index (χ0n) is 19.8. The van der Waals surface area contributed by atoms with Gasteiger partial charge in [0.15, 0.2) is 0 Å². The normalized spacial score (nSPS) is 15.8. The zero-order chi connectivity index (χ0) is 22.3. The maximum atomic E-state index is 12.7. The van der Waals surface area contributed by atoms with Gasteiger partial charge < -0.3 is 9.64 Å². The van der Waals surface area contributed by atoms with Crippen molar-refractivity contribution < 1.29 is 9.53 Å². The number of likely N-dealkylation sites (tertiary alicyclic amines) is 1. The summed E-state index contributed by atoms with van der Waals surface area (Å²) < 4.78 is 7.95. The molecule has 0 spiro atoms. The van der Waals surface area contributed by atoms with Gasteiger partial charge in [0.05, 0.1) is 6.04 Å². The van der Waals surface area contributed by atoms with Gasteiger partial charge in [0, 0.05) is 36.8 Å². The number of hydrogen-bond acceptors (Lipinski definition) is 3. The van der Waals surface area contributed by atoms with Gasteiger partial charge in [-0.2, -0.15) is 5.10 Å². The Bertz CT molecular complexity index is 894. The molecule has 5 heteroatoms. The molecule has 1 aromatic heterocycles. The first-order chi connectivity index (χ1) is 13.8. The van der Waals surface area contributed by atoms with Crippen LogP contribution in [0.1, 0.15) is 78.3 Å². The number of carbonyl (C=O) groups is 1. The molecule has 0 radical (unpaired) electrons. The molecule has 0 atom stereocenters. The van der Waals surface area contributed by atoms with Gasteiger partial charge in [0.2, 0.25) is 0 Å². The van der Waals surface area contributed by atoms with Crippen molar-refractivity contribution in [1.29, 1.82) is 0 Å². The summed E-state index contributed by atoms with van der Waals surface area (Å²) >= 11 is 0. The quantitative estimate of drug-likeness (QED) is 0.668. The third-order valence-electron chi connectivity index (χ3n) is 5.69. The minimum absolute atomic E-state index is 0.0288. The fraction of sp³-hybridized carbons (Fsp3) is 0.600. The lowest BCUT2D eigenvalue weighted by Gasteiger charge is -2.41. The summed E-state index contributed by atoms with van der Waals surface area (Å²) in [5.74, 6) is 0. The van der Waals surface area contributed by atoms with Crippen LogP contribution in [0.15, 0.2) is 36.5 Å². The molecule has 0 saturated carbocycles. The van der Waals surface area contributed by atoms with E-state index in [0.29, 0.717) is 19.5 Å². The monoisotopic (exact) mass is 411 g/mol. The van der Waals surface area contributed by atoms with Gasteiger partial charge in [-0.25, -0.2) is 4.79 Å². The molecule has 0 unspecified atom stereocenters. The van der Waals surface area contributed by atoms with E-state index in [1.54, 1.807) is 4.90 Å². The number of rotatable bonds is 4. The Morgan fingerprint density at radius 1 is 1.03 bits per heavy atom. The van der Waals surface area contributed by atoms with E-state index in [9.17, 15) is 4.79 Å². The average molecular weight is 412 g/mol. The summed E-state index contributed by atoms with van der Waals surface area (Å²) in [5, 5.41) is 4.49. The van der Waals surface area contributed by atoms with Gasteiger partial charge in [0.25, 0.3) is 0 Å². The Morgan fingerprint density at radius 3 is 2.30 bits per heavy atom. The number of nitrogens with zero attached hydrogens (tertiary/aromatic N) is 3. The molecule has 1 saturated heterocycles. The molecular weight excluding hydrogens is 374 g/mol. The molecule has 3 rings (SSSR count). The Morgan fingerprint density at radius 2 is 1.70 bits per heavy atom. The minimum Gasteiger partial charge on any atom is -0.443 e. The van der Waals surface area contributed by atoms with Gasteiger partial charge in [-0.05, 0) is 36.5 Å². The molecule has 1 aliphatic heterocycles. The second-order valence-electron chi connectivity index (χ2n) is 11.2. The van der Waals surface area contributed by atoms with E-state index in [-0.39, 0.29) is 23.0 Å². The third kappa shape index (κ3) is 5.05. The van der Waals surface area contributed by atoms with E-state index in [4.69, 9.17) is 4.74 Å². The molecule has 5 nitrogen and oxygen atoms in total. The van der Waals surface area contributed by atoms with Crippen molar-refractivity contribution in [2.75, 3.05) is 13.1 Å². The summed E-state index contributed by atoms with van der Waals surface area (Å²) in [4.78, 5) is 14.5. The predicted octanol–water partition coefficient (Wildman–Crippen LogP) is 5.49. The maximum absolute atomic E-state index is 12.7. The molecule has 1 fully saturated rings. The molecule has 30 heavy (non-hydrogen) atoms. The summed E-state index contributed by atoms with van der Waals surface area (Å²) in [5.41, 5.74) is 3.23. The fourth-order valence-electron chi connectivity index (χ4n) is 3.93. The van der Waals surface area contributed by atoms with E-state index in [2.05, 4.69) is 81.7 Å². The summed E-state index contributed by atoms with van der Waals surface area (Å²) in [7, 11) is 0. The topological polar surface area (TPSA) is 47.4 Å². The highest BCUT2D eigenvalue weighted by atomic mass is 16.6. The number of amides is 1. The van der Waals surface area contributed by atoms with Gasteiger partial charge in [-0.1, -0.05) is 65.8 Å². The minimum atomic E-state index is -0.569. The van der Waals surface area contributed by atoms with Crippen LogP contribution in [0.3, 0.4) is 0 Å². The lowest BCUT2D eigenvalue weighted by Crippen LogP contribution is -2.53. The van der Waals surface area contributed by atoms with Gasteiger partial charge >= 0.3 is 6.09 Å². The first kappa shape index (κ1) is 22.4. The van der Waals surface area contributed by atoms with Crippen LogP contribution in [0.25, 0.3) is 0 Å². The highest BCUT2D eigenvalue weighted by Crippen LogP contribution is 2.30. The third-order valence-corrected chi connectivity index (χ3v) is 5.69. The van der Waals surface area contributed by atoms with Crippen molar-refractivity contribution in [2.24, 2.45) is 0 Å². The highest BCUT2D eigenvalue weighted by Gasteiger charge is 2.38. The van der Waals surface area contributed by atoms with Crippen LogP contribution in [0, 0.1) is 0 Å². The van der Waals surface area contributed by atoms with Crippen LogP contribution >= 0.6 is 0 Å². The van der Waals surface area contributed by atoms with Crippen molar-refractivity contribution in [2.45, 2.75) is 84.3 Å². The van der Waals surface area contributed by atoms with Crippen LogP contribution in [0.5, 0.6) is 0 Å². The summed E-state index contributed by atoms with van der Waals surface area (Å²) in [6.45, 7) is 18.4. The predicted molar refractivity (Wildman–Crippen MR) is 121 cm³/mol. The van der Waals surface area contributed by atoms with Crippen LogP contribution in [0.4, 0.5) is 4.79 Å². The summed E-state index contributed by atoms with van der Waals surface area (Å²) in [6, 6.07) is 10.9. The molecular formula is C25H37N3O2. The molecule has 1 aliphatic rings. The van der Waals surface area contributed by atoms with Gasteiger partial charge in [-0.15, -0.1) is 0 Å². The van der Waals surface area contributed by atoms with E-state index >= 15 is 0 Å². The number of hydrogen-bond donors (Lipinski definition) is 0. The number of aromatic nitrogens is 2. The highest BCUT2D eigenvalue weighted by molar-refractivity contribution is 5.69. The Hall–Kier alpha value is -2.30. The number of benzene rings is 1. The fourth-order valence-corrected chi connectivity index (χ4v) is 3.93. The molecule has 164 valence electrons. The van der Waals surface area contributed by atoms with Crippen molar-refractivity contribution in [3.63, 3.8) is 0 Å². The standard InChI is InChI=1S/C25H37N3O2/c1-23(2,3)19-11-9-10-18(14-19)15-25(7,8)30-22(29)27-16-20(17-27)28-21(12-13-26-28)24(4,5)6/h9-14,20H,15-17H2,1-8H3. The first-order valence-electron chi connectivity index (χ1n) is 10.9. The van der Waals surface area contributed by atoms with Crippen LogP contribution in [-0.2, 0) is 22.0 Å². The Labute approximate surface area is 181 Å². The lowest BCUT2D eigenvalue weighted by molar-refractivity contribution is -0.00941. The summed E-state index contributed by atoms with van der Waals surface area (Å²) in [6.07, 6.45) is 2.29. The zero-order valence-corrected chi connectivity index (χ0v) is 19.8. The van der Waals surface area contributed by atoms with Crippen molar-refractivity contribution in [3.05, 3.63) is 53.3 Å². The van der Waals surface area contributed by atoms with E-state index in [1.807, 2.05) is 20.0 Å². The first-order valence-corrected chi connectivity index (χ1v) is 10.9. The largest absolute Gasteiger partial charge is 0.443 e. The molecule has 0 bridgehead atoms. The number of ether oxygens (including phenoxy) is 1. The van der Waals surface area contributed by atoms with Crippen molar-refractivity contribution >= 4 is 6.09 Å². The lowest BCUT2D eigenvalue weighted by atomic mass is 9.85. The SMILES string of the molecule is CC(C)(Cc1cccc(C(C)(C)C)c1)OC(=O)N1CC(n2nccc2C(C)(C)C)C1. The van der Waals surface area contributed by atoms with Crippen molar-refractivity contribution in [3.8, 4) is 0 Å². The second kappa shape index (κ2) is 7.75. The van der Waals surface area contributed by atoms with Crippen LogP contribution in [-0.4, -0.2) is 39.5 Å². The average Bonchev–Trinajstić information content (AvgIpc) is 3.01. The number of carbonyl (C=O) groups excluding carboxylic acids is 1. The molecule has 1 aromatic carbocycles. The second-order valence-corrected chi connectivity index (χ2v) is 11.2. The van der Waals surface area contributed by atoms with E-state index < -0.39 is 5.60 Å².